The van der Waals surface area contributed by atoms with Gasteiger partial charge in [-0.1, -0.05) is 0 Å². The number of halogens is 2. The van der Waals surface area contributed by atoms with Crippen molar-refractivity contribution in [2.45, 2.75) is 107 Å². The Balaban J connectivity index is 1.18. The molecule has 7 heterocycles. The molecule has 6 aliphatic heterocycles. The summed E-state index contributed by atoms with van der Waals surface area (Å²) < 4.78 is 33.2. The summed E-state index contributed by atoms with van der Waals surface area (Å²) >= 11 is 1.61. The Bertz CT molecular complexity index is 1370. The Morgan fingerprint density at radius 2 is 1.68 bits per heavy atom. The highest BCUT2D eigenvalue weighted by Crippen LogP contribution is 2.36. The molecule has 1 aliphatic carbocycles. The number of amides is 5. The summed E-state index contributed by atoms with van der Waals surface area (Å²) in [5, 5.41) is 7.58. The van der Waals surface area contributed by atoms with Gasteiger partial charge in [-0.25, -0.2) is 18.6 Å². The average Bonchev–Trinajstić information content (AvgIpc) is 3.78. The third kappa shape index (κ3) is 6.85. The summed E-state index contributed by atoms with van der Waals surface area (Å²) in [7, 11) is 0. The molecule has 1 aromatic rings. The molecular formula is C32H45F2N7O5S. The van der Waals surface area contributed by atoms with E-state index in [-0.39, 0.29) is 80.5 Å². The van der Waals surface area contributed by atoms with Crippen LogP contribution in [0.3, 0.4) is 0 Å². The number of hydrogen-bond donors (Lipinski definition) is 2. The maximum Gasteiger partial charge on any atom is 0.320 e. The molecule has 7 aliphatic rings. The predicted molar refractivity (Wildman–Crippen MR) is 168 cm³/mol. The number of alkyl halides is 2. The van der Waals surface area contributed by atoms with Crippen molar-refractivity contribution in [3.63, 3.8) is 0 Å². The molecule has 1 aromatic heterocycles. The number of nitrogens with zero attached hydrogens (tertiary/aromatic N) is 5. The van der Waals surface area contributed by atoms with Gasteiger partial charge >= 0.3 is 6.03 Å². The second kappa shape index (κ2) is 13.2. The zero-order chi connectivity index (χ0) is 32.9. The average molecular weight is 678 g/mol. The number of thiazole rings is 1. The second-order valence-corrected chi connectivity index (χ2v) is 15.4. The highest BCUT2D eigenvalue weighted by molar-refractivity contribution is 7.11. The van der Waals surface area contributed by atoms with E-state index in [1.165, 1.54) is 0 Å². The molecule has 4 saturated heterocycles. The third-order valence-corrected chi connectivity index (χ3v) is 12.1. The van der Waals surface area contributed by atoms with Crippen molar-refractivity contribution < 1.29 is 32.7 Å². The quantitative estimate of drug-likeness (QED) is 0.490. The standard InChI is InChI=1S/C32H45F2N7O5S/c1-19-24-16-27(42)36-23-15-26(41(18-23)31(45)39-10-12-46-13-11-39)30(44)40-17-22(35-21-2-6-32(33,34)7-3-21)14-25(40)29(43)38-8-4-20(5-9-38)28(37-24)47-19/h20-23,25-26,35H,2-18H2,1H3,(H,36,42)/t22-,23-,25-,26-/m0/s1. The van der Waals surface area contributed by atoms with Crippen molar-refractivity contribution in [3.8, 4) is 0 Å². The van der Waals surface area contributed by atoms with Gasteiger partial charge in [-0.3, -0.25) is 14.4 Å². The van der Waals surface area contributed by atoms with Gasteiger partial charge in [0.2, 0.25) is 23.6 Å². The van der Waals surface area contributed by atoms with Gasteiger partial charge in [0.1, 0.15) is 12.1 Å². The number of morpholine rings is 1. The number of rotatable bonds is 2. The van der Waals surface area contributed by atoms with Gasteiger partial charge in [0.15, 0.2) is 0 Å². The number of piperidine rings is 1. The SMILES string of the molecule is Cc1sc2nc1CC(=O)N[C@H]1C[C@@H](C(=O)N3C[C@@H](NC4CCC(F)(F)CC4)C[C@H]3C(=O)N3CCC2CC3)N(C(=O)N2CCOCC2)C1. The molecule has 1 saturated carbocycles. The number of hydrogen-bond acceptors (Lipinski definition) is 8. The molecule has 2 N–H and O–H groups in total. The predicted octanol–water partition coefficient (Wildman–Crippen LogP) is 1.86. The first-order chi connectivity index (χ1) is 22.5. The Labute approximate surface area is 277 Å². The molecule has 5 amide bonds. The number of fused-ring (bicyclic) bond motifs is 4. The Morgan fingerprint density at radius 3 is 2.40 bits per heavy atom. The normalized spacial score (nSPS) is 30.9. The summed E-state index contributed by atoms with van der Waals surface area (Å²) in [6, 6.07) is -2.63. The zero-order valence-corrected chi connectivity index (χ0v) is 27.7. The topological polar surface area (TPSA) is 127 Å². The number of carbonyl (C=O) groups is 4. The van der Waals surface area contributed by atoms with Crippen LogP contribution in [0, 0.1) is 6.92 Å². The fourth-order valence-corrected chi connectivity index (χ4v) is 9.37. The lowest BCUT2D eigenvalue weighted by atomic mass is 9.91. The smallest absolute Gasteiger partial charge is 0.320 e. The molecule has 0 aromatic carbocycles. The van der Waals surface area contributed by atoms with Crippen LogP contribution in [0.1, 0.15) is 72.9 Å². The molecule has 15 heteroatoms. The molecule has 4 atom stereocenters. The summed E-state index contributed by atoms with van der Waals surface area (Å²) in [5.41, 5.74) is 0.748. The minimum absolute atomic E-state index is 0.106. The highest BCUT2D eigenvalue weighted by Gasteiger charge is 2.49. The Morgan fingerprint density at radius 1 is 0.957 bits per heavy atom. The van der Waals surface area contributed by atoms with E-state index in [9.17, 15) is 28.0 Å². The maximum atomic E-state index is 14.6. The monoisotopic (exact) mass is 677 g/mol. The first-order valence-corrected chi connectivity index (χ1v) is 18.0. The van der Waals surface area contributed by atoms with Gasteiger partial charge in [-0.15, -0.1) is 11.3 Å². The summed E-state index contributed by atoms with van der Waals surface area (Å²) in [6.07, 6.45) is 2.57. The minimum atomic E-state index is -2.65. The van der Waals surface area contributed by atoms with E-state index in [2.05, 4.69) is 10.6 Å². The summed E-state index contributed by atoms with van der Waals surface area (Å²) in [4.78, 5) is 68.6. The van der Waals surface area contributed by atoms with Crippen LogP contribution >= 0.6 is 11.3 Å². The molecule has 12 nitrogen and oxygen atoms in total. The molecule has 5 fully saturated rings. The van der Waals surface area contributed by atoms with Gasteiger partial charge < -0.3 is 35.0 Å². The largest absolute Gasteiger partial charge is 0.378 e. The molecule has 6 bridgehead atoms. The van der Waals surface area contributed by atoms with E-state index in [0.29, 0.717) is 58.7 Å². The fourth-order valence-electron chi connectivity index (χ4n) is 8.27. The van der Waals surface area contributed by atoms with Crippen LogP contribution in [0.4, 0.5) is 13.6 Å². The Hall–Kier alpha value is -2.91. The minimum Gasteiger partial charge on any atom is -0.378 e. The van der Waals surface area contributed by atoms with Crippen LogP contribution in [0.2, 0.25) is 0 Å². The van der Waals surface area contributed by atoms with Crippen LogP contribution in [0.5, 0.6) is 0 Å². The first kappa shape index (κ1) is 32.6. The molecule has 8 rings (SSSR count). The second-order valence-electron chi connectivity index (χ2n) is 14.1. The molecule has 47 heavy (non-hydrogen) atoms. The first-order valence-electron chi connectivity index (χ1n) is 17.2. The lowest BCUT2D eigenvalue weighted by Gasteiger charge is -2.37. The van der Waals surface area contributed by atoms with Crippen molar-refractivity contribution in [1.29, 1.82) is 0 Å². The van der Waals surface area contributed by atoms with Gasteiger partial charge in [0.25, 0.3) is 0 Å². The van der Waals surface area contributed by atoms with E-state index in [4.69, 9.17) is 9.72 Å². The number of likely N-dealkylation sites (tertiary alicyclic amines) is 1. The van der Waals surface area contributed by atoms with Gasteiger partial charge in [0, 0.05) is 81.0 Å². The summed E-state index contributed by atoms with van der Waals surface area (Å²) in [5.74, 6) is -3.06. The molecular weight excluding hydrogens is 632 g/mol. The molecule has 258 valence electrons. The number of aromatic nitrogens is 1. The molecule has 0 radical (unpaired) electrons. The highest BCUT2D eigenvalue weighted by atomic mass is 32.1. The fraction of sp³-hybridized carbons (Fsp3) is 0.781. The summed E-state index contributed by atoms with van der Waals surface area (Å²) in [6.45, 7) is 5.13. The maximum absolute atomic E-state index is 14.6. The van der Waals surface area contributed by atoms with E-state index < -0.39 is 24.0 Å². The molecule has 0 unspecified atom stereocenters. The van der Waals surface area contributed by atoms with Crippen molar-refractivity contribution in [2.24, 2.45) is 0 Å². The van der Waals surface area contributed by atoms with Crippen LogP contribution < -0.4 is 10.6 Å². The third-order valence-electron chi connectivity index (χ3n) is 10.9. The van der Waals surface area contributed by atoms with Gasteiger partial charge in [0.05, 0.1) is 30.3 Å². The Kier molecular flexibility index (Phi) is 9.15. The van der Waals surface area contributed by atoms with Crippen LogP contribution in [0.15, 0.2) is 0 Å². The van der Waals surface area contributed by atoms with Gasteiger partial charge in [-0.2, -0.15) is 0 Å². The van der Waals surface area contributed by atoms with E-state index >= 15 is 0 Å². The number of ether oxygens (including phenoxy) is 1. The van der Waals surface area contributed by atoms with Crippen molar-refractivity contribution in [1.82, 2.24) is 35.2 Å². The van der Waals surface area contributed by atoms with Crippen molar-refractivity contribution >= 4 is 35.1 Å². The van der Waals surface area contributed by atoms with Crippen molar-refractivity contribution in [2.75, 3.05) is 52.5 Å². The lowest BCUT2D eigenvalue weighted by Crippen LogP contribution is -2.56. The van der Waals surface area contributed by atoms with E-state index in [1.54, 1.807) is 26.0 Å². The number of urea groups is 1. The van der Waals surface area contributed by atoms with Crippen LogP contribution in [0.25, 0.3) is 0 Å². The zero-order valence-electron chi connectivity index (χ0n) is 26.9. The number of nitrogens with one attached hydrogen (secondary N) is 2. The number of carbonyl (C=O) groups excluding carboxylic acids is 4. The van der Waals surface area contributed by atoms with E-state index in [1.807, 2.05) is 11.8 Å². The van der Waals surface area contributed by atoms with E-state index in [0.717, 1.165) is 28.4 Å². The lowest BCUT2D eigenvalue weighted by molar-refractivity contribution is -0.146. The van der Waals surface area contributed by atoms with Crippen LogP contribution in [-0.4, -0.2) is 137 Å². The van der Waals surface area contributed by atoms with Crippen LogP contribution in [-0.2, 0) is 25.5 Å². The van der Waals surface area contributed by atoms with Gasteiger partial charge in [-0.05, 0) is 45.4 Å². The molecule has 0 spiro atoms. The van der Waals surface area contributed by atoms with Crippen molar-refractivity contribution in [3.05, 3.63) is 15.6 Å². The number of aryl methyl sites for hydroxylation is 1.